The second kappa shape index (κ2) is 5.85. The molecule has 0 saturated heterocycles. The minimum absolute atomic E-state index is 0.106. The zero-order chi connectivity index (χ0) is 16.4. The average Bonchev–Trinajstić information content (AvgIpc) is 2.99. The highest BCUT2D eigenvalue weighted by Crippen LogP contribution is 2.31. The lowest BCUT2D eigenvalue weighted by molar-refractivity contribution is -0.141. The number of rotatable bonds is 3. The molecule has 0 bridgehead atoms. The van der Waals surface area contributed by atoms with E-state index in [0.717, 1.165) is 17.8 Å². The van der Waals surface area contributed by atoms with Crippen LogP contribution in [0.5, 0.6) is 0 Å². The lowest BCUT2D eigenvalue weighted by Crippen LogP contribution is -2.07. The van der Waals surface area contributed by atoms with Gasteiger partial charge < -0.3 is 9.52 Å². The summed E-state index contributed by atoms with van der Waals surface area (Å²) in [7, 11) is 0. The van der Waals surface area contributed by atoms with E-state index in [9.17, 15) is 18.3 Å². The van der Waals surface area contributed by atoms with Crippen LogP contribution in [0, 0.1) is 0 Å². The normalized spacial score (nSPS) is 11.7. The van der Waals surface area contributed by atoms with Crippen LogP contribution in [0.1, 0.15) is 11.4 Å². The molecule has 1 aromatic carbocycles. The number of hydrogen-bond donors (Lipinski definition) is 1. The van der Waals surface area contributed by atoms with E-state index in [1.165, 1.54) is 6.07 Å². The summed E-state index contributed by atoms with van der Waals surface area (Å²) in [6.45, 7) is -0.345. The molecule has 23 heavy (non-hydrogen) atoms. The molecule has 0 radical (unpaired) electrons. The maximum absolute atomic E-state index is 12.5. The van der Waals surface area contributed by atoms with Crippen molar-refractivity contribution in [1.29, 1.82) is 0 Å². The Hall–Kier alpha value is -2.67. The number of aliphatic hydroxyl groups excluding tert-OH is 1. The second-order valence-corrected chi connectivity index (χ2v) is 4.75. The largest absolute Gasteiger partial charge is 0.436 e. The summed E-state index contributed by atoms with van der Waals surface area (Å²) < 4.78 is 43.2. The number of oxazole rings is 1. The molecule has 118 valence electrons. The van der Waals surface area contributed by atoms with Crippen LogP contribution in [0.3, 0.4) is 0 Å². The Morgan fingerprint density at radius 1 is 1.00 bits per heavy atom. The van der Waals surface area contributed by atoms with Gasteiger partial charge in [-0.1, -0.05) is 30.3 Å². The number of halogens is 3. The minimum atomic E-state index is -4.50. The quantitative estimate of drug-likeness (QED) is 0.795. The number of alkyl halides is 3. The molecule has 3 rings (SSSR count). The van der Waals surface area contributed by atoms with E-state index in [1.54, 1.807) is 24.3 Å². The molecule has 4 nitrogen and oxygen atoms in total. The van der Waals surface area contributed by atoms with Crippen LogP contribution in [0.25, 0.3) is 22.8 Å². The first-order valence-corrected chi connectivity index (χ1v) is 6.68. The van der Waals surface area contributed by atoms with Crippen molar-refractivity contribution in [1.82, 2.24) is 9.97 Å². The first kappa shape index (κ1) is 15.2. The highest BCUT2D eigenvalue weighted by atomic mass is 19.4. The van der Waals surface area contributed by atoms with E-state index in [1.807, 2.05) is 6.07 Å². The van der Waals surface area contributed by atoms with Gasteiger partial charge in [-0.3, -0.25) is 4.98 Å². The van der Waals surface area contributed by atoms with Gasteiger partial charge in [0, 0.05) is 11.8 Å². The highest BCUT2D eigenvalue weighted by Gasteiger charge is 2.32. The van der Waals surface area contributed by atoms with E-state index < -0.39 is 11.9 Å². The Kier molecular flexibility index (Phi) is 3.87. The van der Waals surface area contributed by atoms with E-state index in [0.29, 0.717) is 17.0 Å². The lowest BCUT2D eigenvalue weighted by atomic mass is 10.1. The molecule has 2 heterocycles. The van der Waals surface area contributed by atoms with Crippen molar-refractivity contribution < 1.29 is 22.7 Å². The Morgan fingerprint density at radius 3 is 2.30 bits per heavy atom. The Bertz CT molecular complexity index is 796. The first-order chi connectivity index (χ1) is 11.0. The molecule has 3 aromatic rings. The Morgan fingerprint density at radius 2 is 1.74 bits per heavy atom. The molecule has 0 unspecified atom stereocenters. The van der Waals surface area contributed by atoms with Gasteiger partial charge in [-0.05, 0) is 12.1 Å². The van der Waals surface area contributed by atoms with Crippen molar-refractivity contribution in [3.05, 3.63) is 60.0 Å². The van der Waals surface area contributed by atoms with Crippen molar-refractivity contribution >= 4 is 0 Å². The molecule has 2 aromatic heterocycles. The topological polar surface area (TPSA) is 59.2 Å². The molecule has 0 fully saturated rings. The van der Waals surface area contributed by atoms with Crippen LogP contribution >= 0.6 is 0 Å². The van der Waals surface area contributed by atoms with Crippen molar-refractivity contribution in [3.63, 3.8) is 0 Å². The molecule has 0 amide bonds. The second-order valence-electron chi connectivity index (χ2n) is 4.75. The molecule has 0 aliphatic heterocycles. The predicted octanol–water partition coefficient (Wildman–Crippen LogP) is 3.91. The highest BCUT2D eigenvalue weighted by molar-refractivity contribution is 5.63. The van der Waals surface area contributed by atoms with Crippen molar-refractivity contribution in [2.24, 2.45) is 0 Å². The van der Waals surface area contributed by atoms with Gasteiger partial charge in [0.15, 0.2) is 5.76 Å². The van der Waals surface area contributed by atoms with Crippen LogP contribution in [0.4, 0.5) is 13.2 Å². The Labute approximate surface area is 129 Å². The Balaban J connectivity index is 2.00. The number of nitrogens with zero attached hydrogens (tertiary/aromatic N) is 2. The van der Waals surface area contributed by atoms with Crippen LogP contribution in [-0.2, 0) is 12.8 Å². The molecule has 0 saturated carbocycles. The minimum Gasteiger partial charge on any atom is -0.436 e. The SMILES string of the molecule is OCc1nc(-c2ccc(C(F)(F)F)nc2)oc1-c1ccccc1. The maximum Gasteiger partial charge on any atom is 0.433 e. The van der Waals surface area contributed by atoms with Crippen LogP contribution in [0.2, 0.25) is 0 Å². The lowest BCUT2D eigenvalue weighted by Gasteiger charge is -2.04. The average molecular weight is 320 g/mol. The third-order valence-corrected chi connectivity index (χ3v) is 3.18. The summed E-state index contributed by atoms with van der Waals surface area (Å²) in [4.78, 5) is 7.51. The van der Waals surface area contributed by atoms with Gasteiger partial charge in [-0.2, -0.15) is 13.2 Å². The zero-order valence-electron chi connectivity index (χ0n) is 11.7. The standard InChI is InChI=1S/C16H11F3N2O2/c17-16(18,19)13-7-6-11(8-20-13)15-21-12(9-22)14(23-15)10-4-2-1-3-5-10/h1-8,22H,9H2. The van der Waals surface area contributed by atoms with Gasteiger partial charge in [-0.15, -0.1) is 0 Å². The maximum atomic E-state index is 12.5. The number of benzene rings is 1. The number of aliphatic hydroxyl groups is 1. The van der Waals surface area contributed by atoms with Crippen LogP contribution < -0.4 is 0 Å². The fourth-order valence-electron chi connectivity index (χ4n) is 2.09. The molecule has 0 aliphatic carbocycles. The van der Waals surface area contributed by atoms with Gasteiger partial charge in [-0.25, -0.2) is 4.98 Å². The third kappa shape index (κ3) is 3.09. The van der Waals surface area contributed by atoms with E-state index >= 15 is 0 Å². The third-order valence-electron chi connectivity index (χ3n) is 3.18. The van der Waals surface area contributed by atoms with Gasteiger partial charge in [0.25, 0.3) is 0 Å². The molecule has 1 N–H and O–H groups in total. The smallest absolute Gasteiger partial charge is 0.433 e. The zero-order valence-corrected chi connectivity index (χ0v) is 11.7. The van der Waals surface area contributed by atoms with E-state index in [4.69, 9.17) is 4.42 Å². The summed E-state index contributed by atoms with van der Waals surface area (Å²) in [5, 5.41) is 9.40. The summed E-state index contributed by atoms with van der Waals surface area (Å²) >= 11 is 0. The summed E-state index contributed by atoms with van der Waals surface area (Å²) in [6.07, 6.45) is -3.45. The number of pyridine rings is 1. The molecular weight excluding hydrogens is 309 g/mol. The summed E-state index contributed by atoms with van der Waals surface area (Å²) in [5.74, 6) is 0.483. The predicted molar refractivity (Wildman–Crippen MR) is 76.1 cm³/mol. The van der Waals surface area contributed by atoms with Gasteiger partial charge in [0.1, 0.15) is 11.4 Å². The van der Waals surface area contributed by atoms with Gasteiger partial charge in [0.2, 0.25) is 5.89 Å². The number of hydrogen-bond acceptors (Lipinski definition) is 4. The first-order valence-electron chi connectivity index (χ1n) is 6.68. The molecule has 0 atom stereocenters. The van der Waals surface area contributed by atoms with Crippen LogP contribution in [0.15, 0.2) is 53.1 Å². The summed E-state index contributed by atoms with van der Waals surface area (Å²) in [6, 6.07) is 11.1. The summed E-state index contributed by atoms with van der Waals surface area (Å²) in [5.41, 5.74) is 0.342. The fourth-order valence-corrected chi connectivity index (χ4v) is 2.09. The van der Waals surface area contributed by atoms with Crippen molar-refractivity contribution in [2.45, 2.75) is 12.8 Å². The van der Waals surface area contributed by atoms with E-state index in [-0.39, 0.29) is 12.5 Å². The monoisotopic (exact) mass is 320 g/mol. The number of aromatic nitrogens is 2. The molecule has 0 spiro atoms. The van der Waals surface area contributed by atoms with Crippen molar-refractivity contribution in [2.75, 3.05) is 0 Å². The van der Waals surface area contributed by atoms with Crippen LogP contribution in [-0.4, -0.2) is 15.1 Å². The van der Waals surface area contributed by atoms with E-state index in [2.05, 4.69) is 9.97 Å². The fraction of sp³-hybridized carbons (Fsp3) is 0.125. The van der Waals surface area contributed by atoms with Crippen molar-refractivity contribution in [3.8, 4) is 22.8 Å². The van der Waals surface area contributed by atoms with Gasteiger partial charge >= 0.3 is 6.18 Å². The molecule has 0 aliphatic rings. The molecule has 7 heteroatoms. The molecular formula is C16H11F3N2O2. The van der Waals surface area contributed by atoms with Gasteiger partial charge in [0.05, 0.1) is 12.2 Å².